The highest BCUT2D eigenvalue weighted by Gasteiger charge is 2.25. The van der Waals surface area contributed by atoms with Crippen LogP contribution in [0.25, 0.3) is 0 Å². The van der Waals surface area contributed by atoms with Gasteiger partial charge in [0.2, 0.25) is 5.91 Å². The molecule has 0 radical (unpaired) electrons. The van der Waals surface area contributed by atoms with Gasteiger partial charge in [0.15, 0.2) is 0 Å². The SMILES string of the molecule is CCc1ccc(C(=O)N2CCN(C(=O)CCC3CCNC3)CC2)cc1. The van der Waals surface area contributed by atoms with Gasteiger partial charge in [0, 0.05) is 38.2 Å². The Bertz CT molecular complexity index is 585. The molecule has 5 heteroatoms. The normalized spacial score (nSPS) is 20.8. The molecule has 2 aliphatic heterocycles. The Morgan fingerprint density at radius 3 is 2.36 bits per heavy atom. The van der Waals surface area contributed by atoms with Gasteiger partial charge in [0.05, 0.1) is 0 Å². The zero-order chi connectivity index (χ0) is 17.6. The second-order valence-corrected chi connectivity index (χ2v) is 7.12. The van der Waals surface area contributed by atoms with Crippen LogP contribution >= 0.6 is 0 Å². The minimum atomic E-state index is 0.0757. The number of aryl methyl sites for hydroxylation is 1. The third-order valence-electron chi connectivity index (χ3n) is 5.46. The summed E-state index contributed by atoms with van der Waals surface area (Å²) in [6.45, 7) is 6.80. The van der Waals surface area contributed by atoms with Gasteiger partial charge in [0.1, 0.15) is 0 Å². The van der Waals surface area contributed by atoms with Crippen molar-refractivity contribution in [3.8, 4) is 0 Å². The maximum absolute atomic E-state index is 12.6. The van der Waals surface area contributed by atoms with Crippen LogP contribution in [0.2, 0.25) is 0 Å². The average Bonchev–Trinajstić information content (AvgIpc) is 3.19. The van der Waals surface area contributed by atoms with Gasteiger partial charge in [-0.3, -0.25) is 9.59 Å². The lowest BCUT2D eigenvalue weighted by Crippen LogP contribution is -2.50. The van der Waals surface area contributed by atoms with Gasteiger partial charge < -0.3 is 15.1 Å². The number of carbonyl (C=O) groups is 2. The average molecular weight is 343 g/mol. The van der Waals surface area contributed by atoms with E-state index in [4.69, 9.17) is 0 Å². The zero-order valence-electron chi connectivity index (χ0n) is 15.2. The molecule has 0 aliphatic carbocycles. The van der Waals surface area contributed by atoms with E-state index in [9.17, 15) is 9.59 Å². The van der Waals surface area contributed by atoms with Gasteiger partial charge in [-0.2, -0.15) is 0 Å². The minimum Gasteiger partial charge on any atom is -0.339 e. The van der Waals surface area contributed by atoms with Crippen molar-refractivity contribution in [3.05, 3.63) is 35.4 Å². The van der Waals surface area contributed by atoms with E-state index >= 15 is 0 Å². The molecule has 0 bridgehead atoms. The summed E-state index contributed by atoms with van der Waals surface area (Å²) < 4.78 is 0. The van der Waals surface area contributed by atoms with Gasteiger partial charge in [0.25, 0.3) is 5.91 Å². The molecule has 1 atom stereocenters. The summed E-state index contributed by atoms with van der Waals surface area (Å²) in [6.07, 6.45) is 3.78. The number of hydrogen-bond donors (Lipinski definition) is 1. The smallest absolute Gasteiger partial charge is 0.253 e. The Labute approximate surface area is 150 Å². The molecule has 25 heavy (non-hydrogen) atoms. The Balaban J connectivity index is 1.45. The standard InChI is InChI=1S/C20H29N3O2/c1-2-16-3-6-18(7-4-16)20(25)23-13-11-22(12-14-23)19(24)8-5-17-9-10-21-15-17/h3-4,6-7,17,21H,2,5,8-15H2,1H3. The summed E-state index contributed by atoms with van der Waals surface area (Å²) in [6, 6.07) is 7.86. The Hall–Kier alpha value is -1.88. The van der Waals surface area contributed by atoms with Gasteiger partial charge in [-0.15, -0.1) is 0 Å². The van der Waals surface area contributed by atoms with Crippen molar-refractivity contribution in [2.75, 3.05) is 39.3 Å². The third kappa shape index (κ3) is 4.60. The van der Waals surface area contributed by atoms with Crippen molar-refractivity contribution in [3.63, 3.8) is 0 Å². The molecule has 3 rings (SSSR count). The first kappa shape index (κ1) is 17.9. The fourth-order valence-corrected chi connectivity index (χ4v) is 3.67. The van der Waals surface area contributed by atoms with Crippen molar-refractivity contribution in [2.24, 2.45) is 5.92 Å². The molecular weight excluding hydrogens is 314 g/mol. The molecule has 0 saturated carbocycles. The Kier molecular flexibility index (Phi) is 6.08. The molecule has 2 amide bonds. The lowest BCUT2D eigenvalue weighted by molar-refractivity contribution is -0.132. The first-order valence-electron chi connectivity index (χ1n) is 9.54. The summed E-state index contributed by atoms with van der Waals surface area (Å²) in [5, 5.41) is 3.35. The van der Waals surface area contributed by atoms with Crippen molar-refractivity contribution in [1.29, 1.82) is 0 Å². The molecule has 0 spiro atoms. The molecule has 2 saturated heterocycles. The van der Waals surface area contributed by atoms with Crippen molar-refractivity contribution in [2.45, 2.75) is 32.6 Å². The molecule has 5 nitrogen and oxygen atoms in total. The summed E-state index contributed by atoms with van der Waals surface area (Å²) in [4.78, 5) is 28.8. The minimum absolute atomic E-state index is 0.0757. The van der Waals surface area contributed by atoms with E-state index in [1.807, 2.05) is 34.1 Å². The quantitative estimate of drug-likeness (QED) is 0.889. The lowest BCUT2D eigenvalue weighted by atomic mass is 10.0. The second kappa shape index (κ2) is 8.48. The monoisotopic (exact) mass is 343 g/mol. The summed E-state index contributed by atoms with van der Waals surface area (Å²) >= 11 is 0. The number of benzene rings is 1. The fraction of sp³-hybridized carbons (Fsp3) is 0.600. The van der Waals surface area contributed by atoms with Crippen LogP contribution in [0.4, 0.5) is 0 Å². The van der Waals surface area contributed by atoms with Crippen LogP contribution in [-0.4, -0.2) is 60.9 Å². The topological polar surface area (TPSA) is 52.7 Å². The van der Waals surface area contributed by atoms with E-state index in [-0.39, 0.29) is 11.8 Å². The van der Waals surface area contributed by atoms with Crippen LogP contribution in [0.15, 0.2) is 24.3 Å². The molecule has 2 heterocycles. The summed E-state index contributed by atoms with van der Waals surface area (Å²) in [5.74, 6) is 0.969. The second-order valence-electron chi connectivity index (χ2n) is 7.12. The van der Waals surface area contributed by atoms with E-state index < -0.39 is 0 Å². The highest BCUT2D eigenvalue weighted by atomic mass is 16.2. The highest BCUT2D eigenvalue weighted by Crippen LogP contribution is 2.16. The number of hydrogen-bond acceptors (Lipinski definition) is 3. The number of nitrogens with zero attached hydrogens (tertiary/aromatic N) is 2. The maximum atomic E-state index is 12.6. The summed E-state index contributed by atoms with van der Waals surface area (Å²) in [7, 11) is 0. The lowest BCUT2D eigenvalue weighted by Gasteiger charge is -2.35. The predicted molar refractivity (Wildman–Crippen MR) is 98.5 cm³/mol. The van der Waals surface area contributed by atoms with E-state index in [0.717, 1.165) is 31.5 Å². The van der Waals surface area contributed by atoms with Crippen LogP contribution in [0.5, 0.6) is 0 Å². The van der Waals surface area contributed by atoms with E-state index in [1.165, 1.54) is 12.0 Å². The van der Waals surface area contributed by atoms with Gasteiger partial charge in [-0.25, -0.2) is 0 Å². The van der Waals surface area contributed by atoms with Gasteiger partial charge in [-0.05, 0) is 56.0 Å². The molecule has 2 fully saturated rings. The molecule has 0 aromatic heterocycles. The molecular formula is C20H29N3O2. The molecule has 1 aromatic rings. The summed E-state index contributed by atoms with van der Waals surface area (Å²) in [5.41, 5.74) is 1.98. The van der Waals surface area contributed by atoms with Gasteiger partial charge >= 0.3 is 0 Å². The van der Waals surface area contributed by atoms with E-state index in [1.54, 1.807) is 0 Å². The van der Waals surface area contributed by atoms with Crippen molar-refractivity contribution in [1.82, 2.24) is 15.1 Å². The number of rotatable bonds is 5. The number of carbonyl (C=O) groups excluding carboxylic acids is 2. The van der Waals surface area contributed by atoms with Crippen molar-refractivity contribution < 1.29 is 9.59 Å². The van der Waals surface area contributed by atoms with Crippen LogP contribution in [-0.2, 0) is 11.2 Å². The van der Waals surface area contributed by atoms with E-state index in [0.29, 0.717) is 38.5 Å². The molecule has 1 unspecified atom stereocenters. The van der Waals surface area contributed by atoms with Crippen LogP contribution in [0.1, 0.15) is 42.1 Å². The van der Waals surface area contributed by atoms with Gasteiger partial charge in [-0.1, -0.05) is 19.1 Å². The fourth-order valence-electron chi connectivity index (χ4n) is 3.67. The van der Waals surface area contributed by atoms with Crippen LogP contribution < -0.4 is 5.32 Å². The van der Waals surface area contributed by atoms with Crippen molar-refractivity contribution >= 4 is 11.8 Å². The Morgan fingerprint density at radius 1 is 1.08 bits per heavy atom. The molecule has 1 aromatic carbocycles. The van der Waals surface area contributed by atoms with E-state index in [2.05, 4.69) is 12.2 Å². The molecule has 2 aliphatic rings. The number of amides is 2. The molecule has 1 N–H and O–H groups in total. The number of piperazine rings is 1. The first-order chi connectivity index (χ1) is 12.2. The molecule has 136 valence electrons. The zero-order valence-corrected chi connectivity index (χ0v) is 15.2. The third-order valence-corrected chi connectivity index (χ3v) is 5.46. The largest absolute Gasteiger partial charge is 0.339 e. The first-order valence-corrected chi connectivity index (χ1v) is 9.54. The maximum Gasteiger partial charge on any atom is 0.253 e. The highest BCUT2D eigenvalue weighted by molar-refractivity contribution is 5.94. The van der Waals surface area contributed by atoms with Crippen LogP contribution in [0, 0.1) is 5.92 Å². The predicted octanol–water partition coefficient (Wildman–Crippen LogP) is 1.92. The Morgan fingerprint density at radius 2 is 1.76 bits per heavy atom. The number of nitrogens with one attached hydrogen (secondary N) is 1. The van der Waals surface area contributed by atoms with Crippen LogP contribution in [0.3, 0.4) is 0 Å².